The monoisotopic (exact) mass is 162 g/mol. The zero-order chi connectivity index (χ0) is 8.85. The van der Waals surface area contributed by atoms with Gasteiger partial charge in [-0.25, -0.2) is 0 Å². The lowest BCUT2D eigenvalue weighted by atomic mass is 10.4. The lowest BCUT2D eigenvalue weighted by Gasteiger charge is -2.06. The summed E-state index contributed by atoms with van der Waals surface area (Å²) >= 11 is 0. The van der Waals surface area contributed by atoms with Gasteiger partial charge in [-0.1, -0.05) is 0 Å². The third-order valence-electron chi connectivity index (χ3n) is 0.751. The zero-order valence-electron chi connectivity index (χ0n) is 6.36. The smallest absolute Gasteiger partial charge is 0.295 e. The maximum absolute atomic E-state index is 10.6. The molecule has 0 aliphatic heterocycles. The van der Waals surface area contributed by atoms with Crippen LogP contribution in [-0.4, -0.2) is 23.6 Å². The van der Waals surface area contributed by atoms with E-state index in [-0.39, 0.29) is 6.04 Å². The molecule has 1 N–H and O–H groups in total. The molecule has 0 fully saturated rings. The van der Waals surface area contributed by atoms with Crippen molar-refractivity contribution in [2.45, 2.75) is 19.9 Å². The molecule has 1 amide bonds. The Hall–Kier alpha value is -1.33. The molecule has 0 bridgehead atoms. The molecule has 11 heavy (non-hydrogen) atoms. The first-order chi connectivity index (χ1) is 5.02. The first-order valence-corrected chi connectivity index (χ1v) is 3.09. The normalized spacial score (nSPS) is 9.36. The van der Waals surface area contributed by atoms with Crippen LogP contribution in [0.2, 0.25) is 0 Å². The van der Waals surface area contributed by atoms with Gasteiger partial charge in [0, 0.05) is 6.04 Å². The standard InChI is InChI=1S/C5H10N2O4/c1-4(2)6-5(8)3-11-7(9)10/h4H,3H2,1-2H3,(H,6,8). The van der Waals surface area contributed by atoms with E-state index in [0.717, 1.165) is 0 Å². The minimum Gasteiger partial charge on any atom is -0.352 e. The van der Waals surface area contributed by atoms with E-state index in [1.54, 1.807) is 13.8 Å². The largest absolute Gasteiger partial charge is 0.352 e. The summed E-state index contributed by atoms with van der Waals surface area (Å²) in [5, 5.41) is 11.0. The highest BCUT2D eigenvalue weighted by Gasteiger charge is 2.04. The van der Waals surface area contributed by atoms with Gasteiger partial charge in [0.15, 0.2) is 6.61 Å². The number of hydrogen-bond acceptors (Lipinski definition) is 4. The maximum atomic E-state index is 10.6. The van der Waals surface area contributed by atoms with Gasteiger partial charge in [0.2, 0.25) is 5.91 Å². The predicted octanol–water partition coefficient (Wildman–Crippen LogP) is -0.281. The number of nitrogens with one attached hydrogen (secondary N) is 1. The molecule has 0 aliphatic carbocycles. The molecule has 0 heterocycles. The minimum absolute atomic E-state index is 0.0298. The Bertz CT molecular complexity index is 157. The molecular formula is C5H10N2O4. The maximum Gasteiger partial charge on any atom is 0.295 e. The topological polar surface area (TPSA) is 81.5 Å². The van der Waals surface area contributed by atoms with Crippen LogP contribution in [0.1, 0.15) is 13.8 Å². The van der Waals surface area contributed by atoms with Gasteiger partial charge in [-0.2, -0.15) is 0 Å². The Balaban J connectivity index is 3.45. The summed E-state index contributed by atoms with van der Waals surface area (Å²) in [5.74, 6) is -0.489. The molecule has 0 aliphatic rings. The molecule has 0 rings (SSSR count). The van der Waals surface area contributed by atoms with Crippen LogP contribution < -0.4 is 5.32 Å². The summed E-state index contributed by atoms with van der Waals surface area (Å²) in [5.41, 5.74) is 0. The third kappa shape index (κ3) is 6.56. The lowest BCUT2D eigenvalue weighted by molar-refractivity contribution is -0.754. The molecule has 0 spiro atoms. The Morgan fingerprint density at radius 2 is 2.27 bits per heavy atom. The zero-order valence-corrected chi connectivity index (χ0v) is 6.36. The summed E-state index contributed by atoms with van der Waals surface area (Å²) in [6.45, 7) is 2.97. The van der Waals surface area contributed by atoms with Gasteiger partial charge in [0.05, 0.1) is 0 Å². The number of amides is 1. The van der Waals surface area contributed by atoms with Crippen LogP contribution in [0.15, 0.2) is 0 Å². The van der Waals surface area contributed by atoms with E-state index in [1.807, 2.05) is 0 Å². The molecule has 0 saturated heterocycles. The quantitative estimate of drug-likeness (QED) is 0.455. The summed E-state index contributed by atoms with van der Waals surface area (Å²) < 4.78 is 0. The Labute approximate surface area is 63.6 Å². The molecule has 0 aromatic rings. The van der Waals surface area contributed by atoms with Crippen molar-refractivity contribution in [1.82, 2.24) is 5.32 Å². The average molecular weight is 162 g/mol. The van der Waals surface area contributed by atoms with Crippen LogP contribution >= 0.6 is 0 Å². The minimum atomic E-state index is -1.00. The first-order valence-electron chi connectivity index (χ1n) is 3.09. The number of hydrogen-bond donors (Lipinski definition) is 1. The van der Waals surface area contributed by atoms with E-state index in [9.17, 15) is 14.9 Å². The lowest BCUT2D eigenvalue weighted by Crippen LogP contribution is -2.33. The van der Waals surface area contributed by atoms with Gasteiger partial charge < -0.3 is 10.2 Å². The molecule has 0 aromatic heterocycles. The van der Waals surface area contributed by atoms with Crippen molar-refractivity contribution in [3.05, 3.63) is 10.1 Å². The van der Waals surface area contributed by atoms with E-state index < -0.39 is 17.6 Å². The van der Waals surface area contributed by atoms with Gasteiger partial charge in [-0.3, -0.25) is 4.79 Å². The Morgan fingerprint density at radius 3 is 2.64 bits per heavy atom. The van der Waals surface area contributed by atoms with Crippen LogP contribution in [0.3, 0.4) is 0 Å². The molecule has 0 radical (unpaired) electrons. The van der Waals surface area contributed by atoms with Crippen LogP contribution in [0, 0.1) is 10.1 Å². The fourth-order valence-electron chi connectivity index (χ4n) is 0.475. The highest BCUT2D eigenvalue weighted by molar-refractivity contribution is 5.77. The molecule has 6 nitrogen and oxygen atoms in total. The van der Waals surface area contributed by atoms with E-state index in [0.29, 0.717) is 0 Å². The molecule has 0 unspecified atom stereocenters. The summed E-state index contributed by atoms with van der Waals surface area (Å²) in [4.78, 5) is 24.0. The van der Waals surface area contributed by atoms with Gasteiger partial charge in [-0.05, 0) is 13.8 Å². The van der Waals surface area contributed by atoms with E-state index in [1.165, 1.54) is 0 Å². The number of rotatable bonds is 4. The van der Waals surface area contributed by atoms with Gasteiger partial charge in [-0.15, -0.1) is 10.1 Å². The fourth-order valence-corrected chi connectivity index (χ4v) is 0.475. The van der Waals surface area contributed by atoms with Crippen LogP contribution in [-0.2, 0) is 9.63 Å². The molecule has 0 atom stereocenters. The second-order valence-corrected chi connectivity index (χ2v) is 2.22. The molecule has 6 heteroatoms. The van der Waals surface area contributed by atoms with Crippen molar-refractivity contribution in [1.29, 1.82) is 0 Å². The molecule has 0 saturated carbocycles. The van der Waals surface area contributed by atoms with E-state index in [4.69, 9.17) is 0 Å². The second-order valence-electron chi connectivity index (χ2n) is 2.22. The SMILES string of the molecule is CC(C)NC(=O)CO[N+](=O)[O-]. The second kappa shape index (κ2) is 4.48. The number of carbonyl (C=O) groups is 1. The van der Waals surface area contributed by atoms with E-state index >= 15 is 0 Å². The fraction of sp³-hybridized carbons (Fsp3) is 0.800. The molecule has 0 aromatic carbocycles. The van der Waals surface area contributed by atoms with Crippen molar-refractivity contribution < 1.29 is 14.7 Å². The molecular weight excluding hydrogens is 152 g/mol. The van der Waals surface area contributed by atoms with Crippen LogP contribution in [0.25, 0.3) is 0 Å². The van der Waals surface area contributed by atoms with Gasteiger partial charge in [0.25, 0.3) is 5.09 Å². The molecule has 64 valence electrons. The summed E-state index contributed by atoms with van der Waals surface area (Å²) in [7, 11) is 0. The first kappa shape index (κ1) is 9.67. The highest BCUT2D eigenvalue weighted by Crippen LogP contribution is 1.79. The van der Waals surface area contributed by atoms with Gasteiger partial charge in [0.1, 0.15) is 0 Å². The number of nitrogens with zero attached hydrogens (tertiary/aromatic N) is 1. The summed E-state index contributed by atoms with van der Waals surface area (Å²) in [6, 6.07) is -0.0298. The van der Waals surface area contributed by atoms with Gasteiger partial charge >= 0.3 is 0 Å². The van der Waals surface area contributed by atoms with Crippen molar-refractivity contribution >= 4 is 5.91 Å². The Morgan fingerprint density at radius 1 is 1.73 bits per heavy atom. The van der Waals surface area contributed by atoms with Crippen LogP contribution in [0.5, 0.6) is 0 Å². The summed E-state index contributed by atoms with van der Waals surface area (Å²) in [6.07, 6.45) is 0. The van der Waals surface area contributed by atoms with Crippen molar-refractivity contribution in [3.8, 4) is 0 Å². The Kier molecular flexibility index (Phi) is 3.94. The van der Waals surface area contributed by atoms with Crippen LogP contribution in [0.4, 0.5) is 0 Å². The van der Waals surface area contributed by atoms with Crippen molar-refractivity contribution in [2.24, 2.45) is 0 Å². The highest BCUT2D eigenvalue weighted by atomic mass is 16.9. The van der Waals surface area contributed by atoms with Crippen molar-refractivity contribution in [2.75, 3.05) is 6.61 Å². The van der Waals surface area contributed by atoms with E-state index in [2.05, 4.69) is 10.2 Å². The predicted molar refractivity (Wildman–Crippen MR) is 36.2 cm³/mol. The number of carbonyl (C=O) groups excluding carboxylic acids is 1. The average Bonchev–Trinajstić information content (AvgIpc) is 1.82. The third-order valence-corrected chi connectivity index (χ3v) is 0.751. The van der Waals surface area contributed by atoms with Crippen molar-refractivity contribution in [3.63, 3.8) is 0 Å².